The number of carbonyl (C=O) groups is 3. The van der Waals surface area contributed by atoms with Crippen LogP contribution in [0.2, 0.25) is 5.02 Å². The van der Waals surface area contributed by atoms with Gasteiger partial charge < -0.3 is 35.5 Å². The van der Waals surface area contributed by atoms with E-state index in [-0.39, 0.29) is 24.3 Å². The average molecular weight is 643 g/mol. The number of hydrogen-bond donors (Lipinski definition) is 4. The largest absolute Gasteiger partial charge is 0.492 e. The van der Waals surface area contributed by atoms with E-state index in [1.807, 2.05) is 67.6 Å². The molecule has 2 amide bonds. The summed E-state index contributed by atoms with van der Waals surface area (Å²) in [4.78, 5) is 38.1. The molecule has 1 aliphatic rings. The number of rotatable bonds is 15. The van der Waals surface area contributed by atoms with Gasteiger partial charge in [0.05, 0.1) is 18.2 Å². The lowest BCUT2D eigenvalue weighted by Gasteiger charge is -2.38. The van der Waals surface area contributed by atoms with Crippen LogP contribution >= 0.6 is 11.6 Å². The van der Waals surface area contributed by atoms with Crippen LogP contribution in [0.5, 0.6) is 5.75 Å². The Morgan fingerprint density at radius 2 is 1.78 bits per heavy atom. The molecule has 2 atom stereocenters. The van der Waals surface area contributed by atoms with Gasteiger partial charge in [-0.1, -0.05) is 78.9 Å². The van der Waals surface area contributed by atoms with Crippen LogP contribution in [0, 0.1) is 12.8 Å². The maximum Gasteiger partial charge on any atom is 0.240 e. The smallest absolute Gasteiger partial charge is 0.240 e. The van der Waals surface area contributed by atoms with Gasteiger partial charge in [-0.15, -0.1) is 0 Å². The third-order valence-electron chi connectivity index (χ3n) is 7.71. The van der Waals surface area contributed by atoms with E-state index < -0.39 is 17.7 Å². The predicted molar refractivity (Wildman–Crippen MR) is 181 cm³/mol. The molecule has 1 aliphatic carbocycles. The number of aryl methyl sites for hydroxylation is 1. The maximum absolute atomic E-state index is 13.5. The molecule has 10 heteroatoms. The Balaban J connectivity index is 0.000000761. The van der Waals surface area contributed by atoms with Gasteiger partial charge in [0.2, 0.25) is 11.8 Å². The van der Waals surface area contributed by atoms with Gasteiger partial charge in [-0.2, -0.15) is 0 Å². The van der Waals surface area contributed by atoms with Crippen molar-refractivity contribution in [2.75, 3.05) is 40.3 Å². The number of nitrogens with zero attached hydrogens (tertiary/aromatic N) is 1. The summed E-state index contributed by atoms with van der Waals surface area (Å²) >= 11 is 5.61. The number of para-hydroxylation sites is 1. The Morgan fingerprint density at radius 1 is 1.11 bits per heavy atom. The Morgan fingerprint density at radius 3 is 2.38 bits per heavy atom. The molecule has 0 saturated heterocycles. The molecule has 248 valence electrons. The summed E-state index contributed by atoms with van der Waals surface area (Å²) in [6.07, 6.45) is 9.63. The molecule has 0 heterocycles. The summed E-state index contributed by atoms with van der Waals surface area (Å²) in [5.41, 5.74) is 0.803. The van der Waals surface area contributed by atoms with Crippen molar-refractivity contribution in [2.24, 2.45) is 5.92 Å². The molecule has 0 bridgehead atoms. The molecule has 1 saturated carbocycles. The summed E-state index contributed by atoms with van der Waals surface area (Å²) in [6, 6.07) is 14.0. The molecule has 0 radical (unpaired) electrons. The number of carbonyl (C=O) groups excluding carboxylic acids is 3. The molecule has 2 unspecified atom stereocenters. The Labute approximate surface area is 273 Å². The number of nitrogens with one attached hydrogen (secondary N) is 3. The number of aliphatic hydroxyl groups is 1. The van der Waals surface area contributed by atoms with Crippen molar-refractivity contribution in [3.05, 3.63) is 70.8 Å². The van der Waals surface area contributed by atoms with Crippen LogP contribution in [-0.2, 0) is 14.4 Å². The SMILES string of the molecule is CNCC(=O)NC/C=C/c1ccccc1OCCNC(C(=O)N(C)C(C=O)C(C)(C)O)C1CCCCC1.Cc1ccc(Cl)cc1. The highest BCUT2D eigenvalue weighted by atomic mass is 35.5. The second kappa shape index (κ2) is 20.0. The quantitative estimate of drug-likeness (QED) is 0.168. The summed E-state index contributed by atoms with van der Waals surface area (Å²) in [7, 11) is 3.30. The standard InChI is InChI=1S/C28H44N4O5.C7H7Cl/c1-28(2,36)24(20-33)32(4)27(35)26(22-12-6-5-7-13-22)31-17-18-37-23-15-9-8-11-21(23)14-10-16-30-25(34)19-29-3;1-6-2-4-7(8)5-3-6/h8-11,14-15,20,22,24,26,29,31,36H,5-7,12-13,16-19H2,1-4H3,(H,30,34);2-5H,1H3/b14-10+;. The fourth-order valence-electron chi connectivity index (χ4n) is 5.25. The van der Waals surface area contributed by atoms with Gasteiger partial charge in [0.25, 0.3) is 0 Å². The van der Waals surface area contributed by atoms with Crippen molar-refractivity contribution in [3.8, 4) is 5.75 Å². The molecule has 1 fully saturated rings. The number of benzene rings is 2. The molecular formula is C35H51ClN4O5. The second-order valence-electron chi connectivity index (χ2n) is 11.9. The average Bonchev–Trinajstić information content (AvgIpc) is 3.01. The monoisotopic (exact) mass is 642 g/mol. The van der Waals surface area contributed by atoms with Crippen LogP contribution in [0.25, 0.3) is 6.08 Å². The van der Waals surface area contributed by atoms with E-state index in [1.54, 1.807) is 14.1 Å². The van der Waals surface area contributed by atoms with Gasteiger partial charge in [0.15, 0.2) is 0 Å². The number of amides is 2. The van der Waals surface area contributed by atoms with E-state index in [1.165, 1.54) is 30.7 Å². The molecule has 4 N–H and O–H groups in total. The minimum atomic E-state index is -1.33. The zero-order valence-corrected chi connectivity index (χ0v) is 28.1. The van der Waals surface area contributed by atoms with Gasteiger partial charge in [-0.25, -0.2) is 0 Å². The number of aldehydes is 1. The second-order valence-corrected chi connectivity index (χ2v) is 12.4. The highest BCUT2D eigenvalue weighted by molar-refractivity contribution is 6.30. The molecule has 2 aromatic carbocycles. The van der Waals surface area contributed by atoms with Crippen molar-refractivity contribution >= 4 is 35.8 Å². The van der Waals surface area contributed by atoms with Crippen molar-refractivity contribution in [3.63, 3.8) is 0 Å². The topological polar surface area (TPSA) is 120 Å². The third kappa shape index (κ3) is 13.7. The first-order valence-electron chi connectivity index (χ1n) is 15.7. The zero-order valence-electron chi connectivity index (χ0n) is 27.4. The van der Waals surface area contributed by atoms with Crippen molar-refractivity contribution < 1.29 is 24.2 Å². The van der Waals surface area contributed by atoms with Gasteiger partial charge >= 0.3 is 0 Å². The lowest BCUT2D eigenvalue weighted by atomic mass is 9.83. The predicted octanol–water partition coefficient (Wildman–Crippen LogP) is 4.40. The molecule has 0 spiro atoms. The van der Waals surface area contributed by atoms with E-state index in [4.69, 9.17) is 16.3 Å². The Kier molecular flexibility index (Phi) is 16.9. The number of ether oxygens (including phenoxy) is 1. The lowest BCUT2D eigenvalue weighted by molar-refractivity contribution is -0.144. The van der Waals surface area contributed by atoms with E-state index >= 15 is 0 Å². The van der Waals surface area contributed by atoms with Gasteiger partial charge in [0.1, 0.15) is 24.7 Å². The first-order valence-corrected chi connectivity index (χ1v) is 16.0. The Bertz CT molecular complexity index is 1190. The van der Waals surface area contributed by atoms with E-state index in [0.717, 1.165) is 36.3 Å². The van der Waals surface area contributed by atoms with Crippen LogP contribution in [0.4, 0.5) is 0 Å². The fourth-order valence-corrected chi connectivity index (χ4v) is 5.38. The third-order valence-corrected chi connectivity index (χ3v) is 7.96. The summed E-state index contributed by atoms with van der Waals surface area (Å²) in [5.74, 6) is 0.626. The van der Waals surface area contributed by atoms with Crippen LogP contribution in [0.1, 0.15) is 57.1 Å². The first-order chi connectivity index (χ1) is 21.5. The van der Waals surface area contributed by atoms with Crippen LogP contribution in [0.15, 0.2) is 54.6 Å². The molecule has 2 aromatic rings. The molecule has 0 aromatic heterocycles. The van der Waals surface area contributed by atoms with Gasteiger partial charge in [-0.3, -0.25) is 9.59 Å². The van der Waals surface area contributed by atoms with E-state index in [9.17, 15) is 19.5 Å². The van der Waals surface area contributed by atoms with Crippen molar-refractivity contribution in [1.82, 2.24) is 20.9 Å². The van der Waals surface area contributed by atoms with E-state index in [0.29, 0.717) is 31.7 Å². The van der Waals surface area contributed by atoms with Crippen LogP contribution < -0.4 is 20.7 Å². The normalized spacial score (nSPS) is 15.0. The summed E-state index contributed by atoms with van der Waals surface area (Å²) < 4.78 is 6.02. The molecule has 45 heavy (non-hydrogen) atoms. The number of halogens is 1. The first kappa shape index (κ1) is 37.9. The van der Waals surface area contributed by atoms with Gasteiger partial charge in [0, 0.05) is 30.7 Å². The zero-order chi connectivity index (χ0) is 33.2. The van der Waals surface area contributed by atoms with E-state index in [2.05, 4.69) is 16.0 Å². The molecule has 0 aliphatic heterocycles. The van der Waals surface area contributed by atoms with Gasteiger partial charge in [-0.05, 0) is 64.8 Å². The van der Waals surface area contributed by atoms with Crippen LogP contribution in [-0.4, -0.2) is 86.1 Å². The fraction of sp³-hybridized carbons (Fsp3) is 0.514. The highest BCUT2D eigenvalue weighted by Gasteiger charge is 2.38. The minimum absolute atomic E-state index is 0.0718. The summed E-state index contributed by atoms with van der Waals surface area (Å²) in [5, 5.41) is 20.2. The molecule has 3 rings (SSSR count). The van der Waals surface area contributed by atoms with Crippen molar-refractivity contribution in [1.29, 1.82) is 0 Å². The molecule has 9 nitrogen and oxygen atoms in total. The lowest BCUT2D eigenvalue weighted by Crippen LogP contribution is -2.58. The Hall–Kier alpha value is -3.24. The number of hydrogen-bond acceptors (Lipinski definition) is 7. The minimum Gasteiger partial charge on any atom is -0.492 e. The number of likely N-dealkylation sites (N-methyl/N-ethyl adjacent to an activating group) is 2. The highest BCUT2D eigenvalue weighted by Crippen LogP contribution is 2.28. The maximum atomic E-state index is 13.5. The van der Waals surface area contributed by atoms with Crippen molar-refractivity contribution in [2.45, 2.75) is 70.6 Å². The molecular weight excluding hydrogens is 592 g/mol. The summed E-state index contributed by atoms with van der Waals surface area (Å²) in [6.45, 7) is 6.61. The van der Waals surface area contributed by atoms with Crippen LogP contribution in [0.3, 0.4) is 0 Å².